The molecule has 0 aliphatic carbocycles. The second-order valence-corrected chi connectivity index (χ2v) is 4.73. The molecule has 0 atom stereocenters. The molecule has 0 radical (unpaired) electrons. The molecule has 1 aromatic carbocycles. The lowest BCUT2D eigenvalue weighted by atomic mass is 10.1. The van der Waals surface area contributed by atoms with Crippen LogP contribution in [0, 0.1) is 0 Å². The van der Waals surface area contributed by atoms with Crippen LogP contribution < -0.4 is 9.47 Å². The molecule has 0 saturated carbocycles. The van der Waals surface area contributed by atoms with E-state index in [-0.39, 0.29) is 5.01 Å². The van der Waals surface area contributed by atoms with E-state index in [2.05, 4.69) is 4.98 Å². The highest BCUT2D eigenvalue weighted by Gasteiger charge is 2.12. The predicted octanol–water partition coefficient (Wildman–Crippen LogP) is 3.31. The van der Waals surface area contributed by atoms with Gasteiger partial charge in [-0.25, -0.2) is 9.78 Å². The summed E-state index contributed by atoms with van der Waals surface area (Å²) in [6.45, 7) is 4.89. The average Bonchev–Trinajstić information content (AvgIpc) is 2.91. The smallest absolute Gasteiger partial charge is 0.365 e. The van der Waals surface area contributed by atoms with Crippen molar-refractivity contribution in [2.24, 2.45) is 0 Å². The van der Waals surface area contributed by atoms with Gasteiger partial charge in [-0.1, -0.05) is 0 Å². The summed E-state index contributed by atoms with van der Waals surface area (Å²) in [5.41, 5.74) is 1.43. The molecule has 1 N–H and O–H groups in total. The van der Waals surface area contributed by atoms with Crippen molar-refractivity contribution < 1.29 is 19.4 Å². The molecule has 0 fully saturated rings. The Hall–Kier alpha value is -2.08. The summed E-state index contributed by atoms with van der Waals surface area (Å²) in [6.07, 6.45) is 0. The normalized spacial score (nSPS) is 10.3. The van der Waals surface area contributed by atoms with Crippen LogP contribution in [0.25, 0.3) is 11.3 Å². The third kappa shape index (κ3) is 3.08. The molecule has 1 aromatic heterocycles. The summed E-state index contributed by atoms with van der Waals surface area (Å²) in [5, 5.41) is 10.7. The summed E-state index contributed by atoms with van der Waals surface area (Å²) >= 11 is 1.10. The van der Waals surface area contributed by atoms with Crippen molar-refractivity contribution in [3.8, 4) is 22.8 Å². The molecule has 0 unspecified atom stereocenters. The van der Waals surface area contributed by atoms with Crippen LogP contribution in [0.3, 0.4) is 0 Å². The number of hydrogen-bond donors (Lipinski definition) is 1. The van der Waals surface area contributed by atoms with Crippen LogP contribution in [0.5, 0.6) is 11.5 Å². The lowest BCUT2D eigenvalue weighted by Gasteiger charge is -2.11. The maximum absolute atomic E-state index is 10.9. The van der Waals surface area contributed by atoms with Crippen molar-refractivity contribution in [3.05, 3.63) is 28.6 Å². The molecule has 0 amide bonds. The van der Waals surface area contributed by atoms with Crippen molar-refractivity contribution in [1.82, 2.24) is 4.98 Å². The van der Waals surface area contributed by atoms with Gasteiger partial charge in [0.1, 0.15) is 0 Å². The summed E-state index contributed by atoms with van der Waals surface area (Å²) in [4.78, 5) is 14.9. The van der Waals surface area contributed by atoms with E-state index in [1.807, 2.05) is 32.0 Å². The number of benzene rings is 1. The molecular formula is C14H15NO4S. The monoisotopic (exact) mass is 293 g/mol. The number of carboxylic acids is 1. The van der Waals surface area contributed by atoms with Crippen LogP contribution in [0.4, 0.5) is 0 Å². The van der Waals surface area contributed by atoms with E-state index >= 15 is 0 Å². The second-order valence-electron chi connectivity index (χ2n) is 3.87. The first kappa shape index (κ1) is 14.3. The number of aromatic nitrogens is 1. The number of carboxylic acid groups (broad SMARTS) is 1. The minimum absolute atomic E-state index is 0.0758. The number of ether oxygens (including phenoxy) is 2. The van der Waals surface area contributed by atoms with E-state index in [9.17, 15) is 4.79 Å². The molecule has 0 aliphatic rings. The fourth-order valence-electron chi connectivity index (χ4n) is 1.71. The Balaban J connectivity index is 2.36. The van der Waals surface area contributed by atoms with Gasteiger partial charge in [0.2, 0.25) is 5.01 Å². The lowest BCUT2D eigenvalue weighted by Crippen LogP contribution is -1.98. The van der Waals surface area contributed by atoms with Gasteiger partial charge in [0.05, 0.1) is 18.9 Å². The maximum Gasteiger partial charge on any atom is 0.365 e. The predicted molar refractivity (Wildman–Crippen MR) is 76.8 cm³/mol. The Morgan fingerprint density at radius 3 is 2.55 bits per heavy atom. The Morgan fingerprint density at radius 1 is 1.25 bits per heavy atom. The van der Waals surface area contributed by atoms with E-state index in [1.165, 1.54) is 0 Å². The topological polar surface area (TPSA) is 68.7 Å². The number of carbonyl (C=O) groups is 1. The van der Waals surface area contributed by atoms with E-state index < -0.39 is 5.97 Å². The van der Waals surface area contributed by atoms with Crippen molar-refractivity contribution in [2.75, 3.05) is 13.2 Å². The van der Waals surface area contributed by atoms with Gasteiger partial charge in [-0.05, 0) is 32.0 Å². The van der Waals surface area contributed by atoms with Gasteiger partial charge in [-0.15, -0.1) is 11.3 Å². The minimum Gasteiger partial charge on any atom is -0.490 e. The van der Waals surface area contributed by atoms with Crippen molar-refractivity contribution >= 4 is 17.3 Å². The first-order valence-electron chi connectivity index (χ1n) is 6.24. The van der Waals surface area contributed by atoms with Gasteiger partial charge in [-0.3, -0.25) is 0 Å². The standard InChI is InChI=1S/C14H15NO4S/c1-3-18-11-6-5-9(7-12(11)19-4-2)10-8-20-13(15-10)14(16)17/h5-8H,3-4H2,1-2H3,(H,16,17). The van der Waals surface area contributed by atoms with E-state index in [0.717, 1.165) is 16.9 Å². The Bertz CT molecular complexity index is 609. The molecule has 106 valence electrons. The number of hydrogen-bond acceptors (Lipinski definition) is 5. The summed E-state index contributed by atoms with van der Waals surface area (Å²) in [7, 11) is 0. The Kier molecular flexibility index (Phi) is 4.57. The van der Waals surface area contributed by atoms with Crippen LogP contribution in [-0.2, 0) is 0 Å². The van der Waals surface area contributed by atoms with Gasteiger partial charge in [0.15, 0.2) is 11.5 Å². The van der Waals surface area contributed by atoms with Crippen LogP contribution in [0.15, 0.2) is 23.6 Å². The molecule has 1 heterocycles. The fourth-order valence-corrected chi connectivity index (χ4v) is 2.38. The molecule has 5 nitrogen and oxygen atoms in total. The zero-order valence-corrected chi connectivity index (χ0v) is 12.1. The molecular weight excluding hydrogens is 278 g/mol. The molecule has 2 rings (SSSR count). The molecule has 2 aromatic rings. The van der Waals surface area contributed by atoms with E-state index in [0.29, 0.717) is 30.4 Å². The average molecular weight is 293 g/mol. The molecule has 6 heteroatoms. The Labute approximate surface area is 120 Å². The van der Waals surface area contributed by atoms with Crippen LogP contribution in [-0.4, -0.2) is 29.3 Å². The van der Waals surface area contributed by atoms with E-state index in [1.54, 1.807) is 5.38 Å². The molecule has 20 heavy (non-hydrogen) atoms. The van der Waals surface area contributed by atoms with Crippen molar-refractivity contribution in [3.63, 3.8) is 0 Å². The SMILES string of the molecule is CCOc1ccc(-c2csc(C(=O)O)n2)cc1OCC. The highest BCUT2D eigenvalue weighted by atomic mass is 32.1. The van der Waals surface area contributed by atoms with Gasteiger partial charge < -0.3 is 14.6 Å². The third-order valence-electron chi connectivity index (χ3n) is 2.53. The van der Waals surface area contributed by atoms with Crippen LogP contribution >= 0.6 is 11.3 Å². The van der Waals surface area contributed by atoms with E-state index in [4.69, 9.17) is 14.6 Å². The highest BCUT2D eigenvalue weighted by molar-refractivity contribution is 7.11. The number of nitrogens with zero attached hydrogens (tertiary/aromatic N) is 1. The molecule has 0 spiro atoms. The van der Waals surface area contributed by atoms with Crippen molar-refractivity contribution in [2.45, 2.75) is 13.8 Å². The number of thiazole rings is 1. The van der Waals surface area contributed by atoms with Crippen molar-refractivity contribution in [1.29, 1.82) is 0 Å². The second kappa shape index (κ2) is 6.38. The van der Waals surface area contributed by atoms with Gasteiger partial charge >= 0.3 is 5.97 Å². The largest absolute Gasteiger partial charge is 0.490 e. The summed E-state index contributed by atoms with van der Waals surface area (Å²) in [6, 6.07) is 5.47. The molecule has 0 bridgehead atoms. The lowest BCUT2D eigenvalue weighted by molar-refractivity contribution is 0.0696. The summed E-state index contributed by atoms with van der Waals surface area (Å²) < 4.78 is 11.0. The number of aromatic carboxylic acids is 1. The Morgan fingerprint density at radius 2 is 1.95 bits per heavy atom. The highest BCUT2D eigenvalue weighted by Crippen LogP contribution is 2.33. The van der Waals surface area contributed by atoms with Crippen LogP contribution in [0.2, 0.25) is 0 Å². The third-order valence-corrected chi connectivity index (χ3v) is 3.36. The van der Waals surface area contributed by atoms with Gasteiger partial charge in [-0.2, -0.15) is 0 Å². The van der Waals surface area contributed by atoms with Crippen LogP contribution in [0.1, 0.15) is 23.6 Å². The molecule has 0 saturated heterocycles. The zero-order chi connectivity index (χ0) is 14.5. The van der Waals surface area contributed by atoms with Gasteiger partial charge in [0.25, 0.3) is 0 Å². The molecule has 0 aliphatic heterocycles. The zero-order valence-electron chi connectivity index (χ0n) is 11.3. The van der Waals surface area contributed by atoms with Gasteiger partial charge in [0, 0.05) is 10.9 Å². The number of rotatable bonds is 6. The summed E-state index contributed by atoms with van der Waals surface area (Å²) in [5.74, 6) is 0.292. The first-order valence-corrected chi connectivity index (χ1v) is 7.12. The maximum atomic E-state index is 10.9. The first-order chi connectivity index (χ1) is 9.65. The quantitative estimate of drug-likeness (QED) is 0.885. The fraction of sp³-hybridized carbons (Fsp3) is 0.286. The minimum atomic E-state index is -1.02.